The molecule has 0 aromatic heterocycles. The zero-order valence-electron chi connectivity index (χ0n) is 17.8. The van der Waals surface area contributed by atoms with Gasteiger partial charge in [0.1, 0.15) is 17.6 Å². The van der Waals surface area contributed by atoms with Gasteiger partial charge in [-0.2, -0.15) is 0 Å². The van der Waals surface area contributed by atoms with E-state index in [1.54, 1.807) is 0 Å². The van der Waals surface area contributed by atoms with E-state index in [-0.39, 0.29) is 12.0 Å². The molecule has 3 aromatic rings. The van der Waals surface area contributed by atoms with Crippen LogP contribution in [0.3, 0.4) is 0 Å². The van der Waals surface area contributed by atoms with Crippen molar-refractivity contribution < 1.29 is 19.2 Å². The summed E-state index contributed by atoms with van der Waals surface area (Å²) in [6, 6.07) is 26.7. The second-order valence-corrected chi connectivity index (χ2v) is 8.50. The molecule has 160 valence electrons. The van der Waals surface area contributed by atoms with E-state index in [0.717, 1.165) is 37.2 Å². The third-order valence-electron chi connectivity index (χ3n) is 6.36. The van der Waals surface area contributed by atoms with Crippen LogP contribution in [0.4, 0.5) is 0 Å². The van der Waals surface area contributed by atoms with Crippen molar-refractivity contribution in [1.82, 2.24) is 0 Å². The molecule has 0 bridgehead atoms. The number of hydrogen-bond donors (Lipinski definition) is 0. The molecule has 1 aliphatic heterocycles. The standard InChI is InChI=1S/C27H28O4/c1-20(26-19-28-27(31-30-26)17-5-6-18-27)21-9-13-24(14-10-21)29-25-15-11-23(12-16-25)22-7-3-2-4-8-22/h2-4,7-16,20,26H,5-6,17-19H2,1H3/t20-,26?/m0/s1. The average molecular weight is 417 g/mol. The molecule has 2 atom stereocenters. The molecule has 0 N–H and O–H groups in total. The fourth-order valence-corrected chi connectivity index (χ4v) is 4.34. The number of ether oxygens (including phenoxy) is 2. The Kier molecular flexibility index (Phi) is 5.77. The Hall–Kier alpha value is -2.66. The van der Waals surface area contributed by atoms with Crippen molar-refractivity contribution in [3.63, 3.8) is 0 Å². The van der Waals surface area contributed by atoms with Gasteiger partial charge in [-0.3, -0.25) is 0 Å². The van der Waals surface area contributed by atoms with Gasteiger partial charge in [0.05, 0.1) is 6.61 Å². The maximum atomic E-state index is 6.05. The third-order valence-corrected chi connectivity index (χ3v) is 6.36. The fourth-order valence-electron chi connectivity index (χ4n) is 4.34. The number of benzene rings is 3. The van der Waals surface area contributed by atoms with E-state index < -0.39 is 5.79 Å². The van der Waals surface area contributed by atoms with Crippen LogP contribution < -0.4 is 4.74 Å². The van der Waals surface area contributed by atoms with Crippen LogP contribution >= 0.6 is 0 Å². The first-order chi connectivity index (χ1) is 15.2. The van der Waals surface area contributed by atoms with Crippen LogP contribution in [0.1, 0.15) is 44.1 Å². The van der Waals surface area contributed by atoms with E-state index >= 15 is 0 Å². The van der Waals surface area contributed by atoms with E-state index in [2.05, 4.69) is 43.3 Å². The molecule has 31 heavy (non-hydrogen) atoms. The van der Waals surface area contributed by atoms with Gasteiger partial charge in [0, 0.05) is 18.8 Å². The molecule has 2 aliphatic rings. The van der Waals surface area contributed by atoms with Crippen LogP contribution in [0, 0.1) is 0 Å². The Morgan fingerprint density at radius 1 is 0.806 bits per heavy atom. The predicted molar refractivity (Wildman–Crippen MR) is 120 cm³/mol. The van der Waals surface area contributed by atoms with Gasteiger partial charge in [-0.1, -0.05) is 61.5 Å². The Balaban J connectivity index is 1.19. The van der Waals surface area contributed by atoms with Crippen molar-refractivity contribution >= 4 is 0 Å². The van der Waals surface area contributed by atoms with Crippen LogP contribution in [0.5, 0.6) is 11.5 Å². The summed E-state index contributed by atoms with van der Waals surface area (Å²) in [4.78, 5) is 11.4. The van der Waals surface area contributed by atoms with Crippen molar-refractivity contribution in [1.29, 1.82) is 0 Å². The first-order valence-corrected chi connectivity index (χ1v) is 11.1. The normalized spacial score (nSPS) is 21.1. The van der Waals surface area contributed by atoms with Crippen LogP contribution in [0.2, 0.25) is 0 Å². The van der Waals surface area contributed by atoms with Gasteiger partial charge in [-0.15, -0.1) is 0 Å². The van der Waals surface area contributed by atoms with Crippen molar-refractivity contribution in [3.8, 4) is 22.6 Å². The molecule has 1 heterocycles. The highest BCUT2D eigenvalue weighted by molar-refractivity contribution is 5.64. The average Bonchev–Trinajstić information content (AvgIpc) is 3.28. The molecule has 1 spiro atoms. The molecule has 0 radical (unpaired) electrons. The van der Waals surface area contributed by atoms with Gasteiger partial charge in [0.25, 0.3) is 0 Å². The lowest BCUT2D eigenvalue weighted by Crippen LogP contribution is -2.44. The lowest BCUT2D eigenvalue weighted by atomic mass is 9.95. The Morgan fingerprint density at radius 2 is 1.42 bits per heavy atom. The SMILES string of the molecule is C[C@@H](c1ccc(Oc2ccc(-c3ccccc3)cc2)cc1)C1COC2(CCCC2)OO1. The smallest absolute Gasteiger partial charge is 0.201 e. The zero-order valence-corrected chi connectivity index (χ0v) is 17.8. The maximum Gasteiger partial charge on any atom is 0.201 e. The Morgan fingerprint density at radius 3 is 2.03 bits per heavy atom. The molecule has 5 rings (SSSR count). The largest absolute Gasteiger partial charge is 0.457 e. The van der Waals surface area contributed by atoms with Crippen LogP contribution in [-0.2, 0) is 14.5 Å². The van der Waals surface area contributed by atoms with Crippen molar-refractivity contribution in [2.45, 2.75) is 50.4 Å². The summed E-state index contributed by atoms with van der Waals surface area (Å²) < 4.78 is 12.1. The van der Waals surface area contributed by atoms with Gasteiger partial charge in [-0.05, 0) is 53.8 Å². The van der Waals surface area contributed by atoms with Crippen LogP contribution in [0.15, 0.2) is 78.9 Å². The summed E-state index contributed by atoms with van der Waals surface area (Å²) in [6.45, 7) is 2.70. The first-order valence-electron chi connectivity index (χ1n) is 11.1. The number of rotatable bonds is 5. The number of hydrogen-bond acceptors (Lipinski definition) is 4. The van der Waals surface area contributed by atoms with E-state index in [1.165, 1.54) is 16.7 Å². The van der Waals surface area contributed by atoms with E-state index in [0.29, 0.717) is 6.61 Å². The monoisotopic (exact) mass is 416 g/mol. The van der Waals surface area contributed by atoms with Gasteiger partial charge in [0.2, 0.25) is 5.79 Å². The van der Waals surface area contributed by atoms with Gasteiger partial charge >= 0.3 is 0 Å². The van der Waals surface area contributed by atoms with Gasteiger partial charge in [-0.25, -0.2) is 9.78 Å². The molecule has 1 unspecified atom stereocenters. The summed E-state index contributed by atoms with van der Waals surface area (Å²) in [6.07, 6.45) is 4.02. The summed E-state index contributed by atoms with van der Waals surface area (Å²) in [5, 5.41) is 0. The second-order valence-electron chi connectivity index (χ2n) is 8.50. The minimum atomic E-state index is -0.496. The molecule has 3 aromatic carbocycles. The zero-order chi connectivity index (χ0) is 21.1. The van der Waals surface area contributed by atoms with Crippen LogP contribution in [-0.4, -0.2) is 18.5 Å². The molecule has 1 saturated carbocycles. The minimum Gasteiger partial charge on any atom is -0.457 e. The predicted octanol–water partition coefficient (Wildman–Crippen LogP) is 6.87. The van der Waals surface area contributed by atoms with Gasteiger partial charge < -0.3 is 9.47 Å². The quantitative estimate of drug-likeness (QED) is 0.426. The highest BCUT2D eigenvalue weighted by Crippen LogP contribution is 2.39. The second kappa shape index (κ2) is 8.83. The molecule has 1 saturated heterocycles. The highest BCUT2D eigenvalue weighted by Gasteiger charge is 2.43. The van der Waals surface area contributed by atoms with Crippen molar-refractivity contribution in [2.24, 2.45) is 0 Å². The minimum absolute atomic E-state index is 0.108. The van der Waals surface area contributed by atoms with E-state index in [9.17, 15) is 0 Å². The fraction of sp³-hybridized carbons (Fsp3) is 0.333. The first kappa shape index (κ1) is 20.3. The van der Waals surface area contributed by atoms with Crippen LogP contribution in [0.25, 0.3) is 11.1 Å². The summed E-state index contributed by atoms with van der Waals surface area (Å²) >= 11 is 0. The Bertz CT molecular complexity index is 966. The Labute approximate surface area is 183 Å². The molecule has 4 nitrogen and oxygen atoms in total. The third kappa shape index (κ3) is 4.52. The molecule has 0 amide bonds. The van der Waals surface area contributed by atoms with Gasteiger partial charge in [0.15, 0.2) is 0 Å². The molecular weight excluding hydrogens is 388 g/mol. The molecule has 4 heteroatoms. The van der Waals surface area contributed by atoms with E-state index in [1.807, 2.05) is 42.5 Å². The highest BCUT2D eigenvalue weighted by atomic mass is 17.2. The molecule has 1 aliphatic carbocycles. The maximum absolute atomic E-state index is 6.05. The topological polar surface area (TPSA) is 36.9 Å². The summed E-state index contributed by atoms with van der Waals surface area (Å²) in [7, 11) is 0. The van der Waals surface area contributed by atoms with Crippen molar-refractivity contribution in [3.05, 3.63) is 84.4 Å². The molecular formula is C27H28O4. The lowest BCUT2D eigenvalue weighted by Gasteiger charge is -2.38. The van der Waals surface area contributed by atoms with E-state index in [4.69, 9.17) is 19.2 Å². The summed E-state index contributed by atoms with van der Waals surface area (Å²) in [5.74, 6) is 1.30. The lowest BCUT2D eigenvalue weighted by molar-refractivity contribution is -0.486. The van der Waals surface area contributed by atoms with Crippen molar-refractivity contribution in [2.75, 3.05) is 6.61 Å². The molecule has 2 fully saturated rings. The summed E-state index contributed by atoms with van der Waals surface area (Å²) in [5.41, 5.74) is 3.55.